The van der Waals surface area contributed by atoms with Crippen LogP contribution in [0.3, 0.4) is 0 Å². The summed E-state index contributed by atoms with van der Waals surface area (Å²) < 4.78 is 17.6. The van der Waals surface area contributed by atoms with Gasteiger partial charge in [0.1, 0.15) is 17.9 Å². The molecular formula is C55H68FN13O6S. The standard InChI is InChI=1S/C55H68FN13O6S/c1-34-48(76-33-60-34)37-13-11-35(12-14-37)27-59-52(73)44-26-40(70)31-69(44)54(75)49(55(2,3)4)65-47(72)10-8-6-5-7-9-46(71)57-19-20-66-21-23-67(24-22-66)53(74)38-17-18-42(41(56)25-38)63-50-51-58-30-45(39-28-61-62-29-39)68(51)32-43(64-50)36-15-16-36/h11-14,17-18,25,28-30,32-33,36,40,44,49,70H,5-10,15-16,19-24,26-27,31H2,1-4H3,(H,57,71)(H,59,73)(H,61,62)(H,63,64)(H,65,72)/t40-,44+,49-/m1/s1. The first-order valence-electron chi connectivity index (χ1n) is 26.4. The van der Waals surface area contributed by atoms with E-state index in [0.29, 0.717) is 75.9 Å². The second kappa shape index (κ2) is 23.8. The number of benzene rings is 2. The van der Waals surface area contributed by atoms with Crippen LogP contribution in [-0.2, 0) is 25.7 Å². The summed E-state index contributed by atoms with van der Waals surface area (Å²) >= 11 is 1.57. The number of aliphatic hydroxyl groups excluding tert-OH is 1. The summed E-state index contributed by atoms with van der Waals surface area (Å²) in [5, 5.41) is 29.5. The van der Waals surface area contributed by atoms with Gasteiger partial charge in [0.25, 0.3) is 5.91 Å². The predicted octanol–water partition coefficient (Wildman–Crippen LogP) is 6.34. The molecule has 6 N–H and O–H groups in total. The maximum Gasteiger partial charge on any atom is 0.254 e. The molecule has 9 rings (SSSR count). The van der Waals surface area contributed by atoms with Crippen LogP contribution < -0.4 is 21.3 Å². The third-order valence-corrected chi connectivity index (χ3v) is 15.4. The summed E-state index contributed by atoms with van der Waals surface area (Å²) in [6, 6.07) is 10.5. The van der Waals surface area contributed by atoms with E-state index in [0.717, 1.165) is 64.3 Å². The van der Waals surface area contributed by atoms with E-state index in [1.165, 1.54) is 11.0 Å². The Kier molecular flexibility index (Phi) is 16.9. The number of nitrogens with one attached hydrogen (secondary N) is 5. The Labute approximate surface area is 445 Å². The molecule has 3 aliphatic rings. The number of anilines is 2. The van der Waals surface area contributed by atoms with E-state index in [-0.39, 0.29) is 60.8 Å². The quantitative estimate of drug-likeness (QED) is 0.0434. The summed E-state index contributed by atoms with van der Waals surface area (Å²) in [7, 11) is 0. The zero-order valence-corrected chi connectivity index (χ0v) is 44.4. The Morgan fingerprint density at radius 2 is 1.66 bits per heavy atom. The highest BCUT2D eigenvalue weighted by atomic mass is 32.1. The van der Waals surface area contributed by atoms with E-state index in [1.54, 1.807) is 47.0 Å². The molecule has 5 amide bonds. The highest BCUT2D eigenvalue weighted by molar-refractivity contribution is 7.13. The molecule has 2 aliphatic heterocycles. The number of hydrogen-bond acceptors (Lipinski definition) is 13. The topological polar surface area (TPSA) is 235 Å². The molecule has 0 radical (unpaired) electrons. The van der Waals surface area contributed by atoms with Crippen LogP contribution in [0.2, 0.25) is 0 Å². The third kappa shape index (κ3) is 13.1. The van der Waals surface area contributed by atoms with Crippen LogP contribution in [0.4, 0.5) is 15.9 Å². The zero-order chi connectivity index (χ0) is 53.5. The number of aliphatic hydroxyl groups is 1. The number of carbonyl (C=O) groups excluding carboxylic acids is 5. The van der Waals surface area contributed by atoms with Crippen LogP contribution in [0.5, 0.6) is 0 Å². The third-order valence-electron chi connectivity index (χ3n) is 14.4. The molecule has 2 aromatic carbocycles. The first-order valence-corrected chi connectivity index (χ1v) is 27.2. The van der Waals surface area contributed by atoms with Gasteiger partial charge in [0.15, 0.2) is 11.5 Å². The van der Waals surface area contributed by atoms with Crippen molar-refractivity contribution in [2.75, 3.05) is 51.1 Å². The lowest BCUT2D eigenvalue weighted by molar-refractivity contribution is -0.144. The number of thiazole rings is 1. The van der Waals surface area contributed by atoms with E-state index in [9.17, 15) is 29.1 Å². The van der Waals surface area contributed by atoms with Gasteiger partial charge in [-0.3, -0.25) is 38.4 Å². The second-order valence-corrected chi connectivity index (χ2v) is 22.1. The number of unbranched alkanes of at least 4 members (excludes halogenated alkanes) is 3. The largest absolute Gasteiger partial charge is 0.391 e. The average molecular weight is 1060 g/mol. The van der Waals surface area contributed by atoms with Crippen molar-refractivity contribution < 1.29 is 33.5 Å². The van der Waals surface area contributed by atoms with Gasteiger partial charge in [0, 0.05) is 101 Å². The summed E-state index contributed by atoms with van der Waals surface area (Å²) in [6.07, 6.45) is 11.9. The van der Waals surface area contributed by atoms with Crippen LogP contribution in [0.1, 0.15) is 112 Å². The maximum absolute atomic E-state index is 15.7. The molecular weight excluding hydrogens is 990 g/mol. The molecule has 3 atom stereocenters. The molecule has 1 aliphatic carbocycles. The highest BCUT2D eigenvalue weighted by Crippen LogP contribution is 2.41. The molecule has 4 aromatic heterocycles. The predicted molar refractivity (Wildman–Crippen MR) is 287 cm³/mol. The van der Waals surface area contributed by atoms with Gasteiger partial charge in [-0.25, -0.2) is 19.3 Å². The van der Waals surface area contributed by atoms with E-state index in [1.807, 2.05) is 68.1 Å². The smallest absolute Gasteiger partial charge is 0.254 e. The molecule has 2 saturated heterocycles. The number of aromatic nitrogens is 6. The number of amides is 5. The summed E-state index contributed by atoms with van der Waals surface area (Å²) in [5.74, 6) is -1.13. The Morgan fingerprint density at radius 1 is 0.908 bits per heavy atom. The number of rotatable bonds is 21. The van der Waals surface area contributed by atoms with Crippen molar-refractivity contribution in [3.63, 3.8) is 0 Å². The molecule has 76 heavy (non-hydrogen) atoms. The van der Waals surface area contributed by atoms with E-state index in [4.69, 9.17) is 4.98 Å². The van der Waals surface area contributed by atoms with Crippen molar-refractivity contribution in [3.8, 4) is 21.7 Å². The molecule has 19 nitrogen and oxygen atoms in total. The Morgan fingerprint density at radius 3 is 2.33 bits per heavy atom. The minimum absolute atomic E-state index is 0.00220. The Balaban J connectivity index is 0.648. The zero-order valence-electron chi connectivity index (χ0n) is 43.6. The van der Waals surface area contributed by atoms with Gasteiger partial charge in [-0.05, 0) is 67.3 Å². The van der Waals surface area contributed by atoms with E-state index in [2.05, 4.69) is 46.3 Å². The summed E-state index contributed by atoms with van der Waals surface area (Å²) in [5.41, 5.74) is 7.66. The summed E-state index contributed by atoms with van der Waals surface area (Å²) in [6.45, 7) is 11.1. The fourth-order valence-electron chi connectivity index (χ4n) is 9.89. The first-order chi connectivity index (χ1) is 36.6. The van der Waals surface area contributed by atoms with Gasteiger partial charge in [0.2, 0.25) is 23.6 Å². The molecule has 21 heteroatoms. The summed E-state index contributed by atoms with van der Waals surface area (Å²) in [4.78, 5) is 87.0. The van der Waals surface area contributed by atoms with Crippen molar-refractivity contribution in [1.82, 2.24) is 60.2 Å². The lowest BCUT2D eigenvalue weighted by Crippen LogP contribution is -2.57. The number of H-pyrrole nitrogens is 1. The van der Waals surface area contributed by atoms with Crippen molar-refractivity contribution >= 4 is 58.0 Å². The lowest BCUT2D eigenvalue weighted by atomic mass is 9.85. The molecule has 1 saturated carbocycles. The Bertz CT molecular complexity index is 3020. The minimum Gasteiger partial charge on any atom is -0.391 e. The number of β-amino-alcohol motifs (C(OH)–C–C–N with tert-alkyl or cyclic N) is 1. The van der Waals surface area contributed by atoms with Crippen LogP contribution in [0.25, 0.3) is 27.3 Å². The number of aromatic amines is 1. The van der Waals surface area contributed by atoms with Gasteiger partial charge < -0.3 is 36.2 Å². The van der Waals surface area contributed by atoms with Gasteiger partial charge in [-0.15, -0.1) is 11.3 Å². The molecule has 6 heterocycles. The number of likely N-dealkylation sites (tertiary alicyclic amines) is 1. The number of halogens is 1. The van der Waals surface area contributed by atoms with E-state index < -0.39 is 35.3 Å². The van der Waals surface area contributed by atoms with Crippen molar-refractivity contribution in [3.05, 3.63) is 101 Å². The molecule has 0 spiro atoms. The van der Waals surface area contributed by atoms with Gasteiger partial charge in [-0.2, -0.15) is 5.10 Å². The highest BCUT2D eigenvalue weighted by Gasteiger charge is 2.44. The van der Waals surface area contributed by atoms with E-state index >= 15 is 4.39 Å². The molecule has 3 fully saturated rings. The number of aryl methyl sites for hydroxylation is 1. The first kappa shape index (κ1) is 53.7. The van der Waals surface area contributed by atoms with Gasteiger partial charge >= 0.3 is 0 Å². The maximum atomic E-state index is 15.7. The number of nitrogens with zero attached hydrogens (tertiary/aromatic N) is 8. The number of carbonyl (C=O) groups is 5. The molecule has 0 unspecified atom stereocenters. The molecule has 0 bridgehead atoms. The lowest BCUT2D eigenvalue weighted by Gasteiger charge is -2.35. The van der Waals surface area contributed by atoms with Gasteiger partial charge in [-0.1, -0.05) is 57.9 Å². The second-order valence-electron chi connectivity index (χ2n) is 21.3. The fourth-order valence-corrected chi connectivity index (χ4v) is 10.7. The number of imidazole rings is 1. The molecule has 402 valence electrons. The fraction of sp³-hybridized carbons (Fsp3) is 0.473. The minimum atomic E-state index is -0.907. The van der Waals surface area contributed by atoms with Crippen LogP contribution in [-0.4, -0.2) is 143 Å². The normalized spacial score (nSPS) is 17.4. The van der Waals surface area contributed by atoms with Crippen molar-refractivity contribution in [1.29, 1.82) is 0 Å². The Hall–Kier alpha value is -7.10. The number of fused-ring (bicyclic) bond motifs is 1. The van der Waals surface area contributed by atoms with Crippen LogP contribution in [0, 0.1) is 18.2 Å². The van der Waals surface area contributed by atoms with Crippen molar-refractivity contribution in [2.24, 2.45) is 5.41 Å². The average Bonchev–Trinajstić information content (AvgIpc) is 3.72. The monoisotopic (exact) mass is 1060 g/mol. The number of piperazine rings is 1. The number of hydrogen-bond donors (Lipinski definition) is 6. The van der Waals surface area contributed by atoms with Gasteiger partial charge in [0.05, 0.1) is 51.7 Å². The van der Waals surface area contributed by atoms with Crippen LogP contribution in [0.15, 0.2) is 72.8 Å². The van der Waals surface area contributed by atoms with Crippen molar-refractivity contribution in [2.45, 2.75) is 116 Å². The van der Waals surface area contributed by atoms with Crippen LogP contribution >= 0.6 is 11.3 Å². The molecule has 6 aromatic rings. The SMILES string of the molecule is Cc1ncsc1-c1ccc(CNC(=O)[C@@H]2C[C@@H](O)CN2C(=O)[C@@H](NC(=O)CCCCCCC(=O)NCCN2CCN(C(=O)c3ccc(Nc4nc(C5CC5)cn5c(-c6cn[nH]c6)cnc45)c(F)c3)CC2)C(C)(C)C)cc1.